The summed E-state index contributed by atoms with van der Waals surface area (Å²) in [6.45, 7) is 6.04. The Morgan fingerprint density at radius 2 is 2.28 bits per heavy atom. The number of hydrogen-bond donors (Lipinski definition) is 0. The second kappa shape index (κ2) is 4.82. The molecule has 0 aromatic carbocycles. The molecule has 0 saturated carbocycles. The minimum atomic E-state index is -0.0491. The Morgan fingerprint density at radius 3 is 2.94 bits per heavy atom. The molecule has 2 atom stereocenters. The molecule has 1 amide bonds. The molecule has 3 aliphatic rings. The fourth-order valence-corrected chi connectivity index (χ4v) is 3.85. The molecule has 3 aliphatic heterocycles. The van der Waals surface area contributed by atoms with E-state index in [4.69, 9.17) is 4.74 Å². The van der Waals surface area contributed by atoms with Crippen molar-refractivity contribution in [1.29, 1.82) is 0 Å². The molecule has 0 aromatic heterocycles. The predicted molar refractivity (Wildman–Crippen MR) is 69.3 cm³/mol. The summed E-state index contributed by atoms with van der Waals surface area (Å²) in [4.78, 5) is 16.8. The molecule has 4 heteroatoms. The van der Waals surface area contributed by atoms with Gasteiger partial charge in [0.15, 0.2) is 0 Å². The molecule has 1 spiro atoms. The van der Waals surface area contributed by atoms with Crippen molar-refractivity contribution < 1.29 is 9.53 Å². The highest BCUT2D eigenvalue weighted by atomic mass is 16.5. The van der Waals surface area contributed by atoms with Crippen LogP contribution in [0.5, 0.6) is 0 Å². The van der Waals surface area contributed by atoms with Crippen LogP contribution < -0.4 is 0 Å². The van der Waals surface area contributed by atoms with Crippen LogP contribution >= 0.6 is 0 Å². The summed E-state index contributed by atoms with van der Waals surface area (Å²) in [7, 11) is 1.95. The summed E-state index contributed by atoms with van der Waals surface area (Å²) in [6.07, 6.45) is 4.51. The maximum Gasteiger partial charge on any atom is 0.229 e. The van der Waals surface area contributed by atoms with E-state index in [2.05, 4.69) is 4.90 Å². The molecule has 0 radical (unpaired) electrons. The zero-order valence-electron chi connectivity index (χ0n) is 11.4. The van der Waals surface area contributed by atoms with Gasteiger partial charge in [0.2, 0.25) is 5.91 Å². The van der Waals surface area contributed by atoms with Crippen LogP contribution in [0.3, 0.4) is 0 Å². The Labute approximate surface area is 109 Å². The third kappa shape index (κ3) is 2.16. The standard InChI is InChI=1S/C14H24N2O2/c1-15-7-5-14(13(15)17)4-2-6-16(11-14)9-12-3-8-18-10-12/h12H,2-11H2,1H3. The fraction of sp³-hybridized carbons (Fsp3) is 0.929. The average molecular weight is 252 g/mol. The van der Waals surface area contributed by atoms with Crippen LogP contribution in [-0.4, -0.2) is 62.1 Å². The summed E-state index contributed by atoms with van der Waals surface area (Å²) >= 11 is 0. The number of likely N-dealkylation sites (tertiary alicyclic amines) is 2. The number of ether oxygens (including phenoxy) is 1. The zero-order valence-corrected chi connectivity index (χ0v) is 11.4. The Kier molecular flexibility index (Phi) is 3.32. The molecule has 3 heterocycles. The van der Waals surface area contributed by atoms with Gasteiger partial charge in [0.25, 0.3) is 0 Å². The molecule has 18 heavy (non-hydrogen) atoms. The van der Waals surface area contributed by atoms with Gasteiger partial charge in [-0.1, -0.05) is 0 Å². The maximum atomic E-state index is 12.3. The summed E-state index contributed by atoms with van der Waals surface area (Å²) < 4.78 is 5.45. The number of hydrogen-bond acceptors (Lipinski definition) is 3. The molecule has 3 rings (SSSR count). The number of carbonyl (C=O) groups excluding carboxylic acids is 1. The Morgan fingerprint density at radius 1 is 1.39 bits per heavy atom. The van der Waals surface area contributed by atoms with Gasteiger partial charge in [-0.25, -0.2) is 0 Å². The lowest BCUT2D eigenvalue weighted by molar-refractivity contribution is -0.137. The number of rotatable bonds is 2. The molecule has 3 saturated heterocycles. The van der Waals surface area contributed by atoms with Gasteiger partial charge in [-0.3, -0.25) is 4.79 Å². The largest absolute Gasteiger partial charge is 0.381 e. The van der Waals surface area contributed by atoms with Crippen LogP contribution in [0.1, 0.15) is 25.7 Å². The van der Waals surface area contributed by atoms with Gasteiger partial charge >= 0.3 is 0 Å². The first-order valence-corrected chi connectivity index (χ1v) is 7.25. The van der Waals surface area contributed by atoms with Crippen molar-refractivity contribution in [3.05, 3.63) is 0 Å². The Balaban J connectivity index is 1.63. The van der Waals surface area contributed by atoms with Gasteiger partial charge in [0, 0.05) is 33.3 Å². The van der Waals surface area contributed by atoms with Crippen LogP contribution in [0.15, 0.2) is 0 Å². The van der Waals surface area contributed by atoms with Crippen molar-refractivity contribution in [2.45, 2.75) is 25.7 Å². The van der Waals surface area contributed by atoms with E-state index < -0.39 is 0 Å². The maximum absolute atomic E-state index is 12.3. The van der Waals surface area contributed by atoms with E-state index >= 15 is 0 Å². The van der Waals surface area contributed by atoms with E-state index in [-0.39, 0.29) is 5.41 Å². The van der Waals surface area contributed by atoms with E-state index in [1.165, 1.54) is 12.8 Å². The highest BCUT2D eigenvalue weighted by Gasteiger charge is 2.47. The summed E-state index contributed by atoms with van der Waals surface area (Å²) in [5.41, 5.74) is -0.0491. The second-order valence-electron chi connectivity index (χ2n) is 6.33. The minimum Gasteiger partial charge on any atom is -0.381 e. The lowest BCUT2D eigenvalue weighted by atomic mass is 9.78. The van der Waals surface area contributed by atoms with Crippen LogP contribution in [0.2, 0.25) is 0 Å². The quantitative estimate of drug-likeness (QED) is 0.734. The number of amides is 1. The molecule has 102 valence electrons. The first kappa shape index (κ1) is 12.4. The van der Waals surface area contributed by atoms with Gasteiger partial charge in [0.1, 0.15) is 0 Å². The molecule has 0 bridgehead atoms. The van der Waals surface area contributed by atoms with Gasteiger partial charge in [0.05, 0.1) is 12.0 Å². The van der Waals surface area contributed by atoms with Crippen molar-refractivity contribution >= 4 is 5.91 Å². The molecule has 3 fully saturated rings. The monoisotopic (exact) mass is 252 g/mol. The van der Waals surface area contributed by atoms with E-state index in [9.17, 15) is 4.79 Å². The van der Waals surface area contributed by atoms with E-state index in [1.54, 1.807) is 0 Å². The molecule has 2 unspecified atom stereocenters. The third-order valence-electron chi connectivity index (χ3n) is 4.92. The Hall–Kier alpha value is -0.610. The summed E-state index contributed by atoms with van der Waals surface area (Å²) in [5.74, 6) is 1.07. The predicted octanol–water partition coefficient (Wildman–Crippen LogP) is 0.967. The topological polar surface area (TPSA) is 32.8 Å². The minimum absolute atomic E-state index is 0.0491. The first-order chi connectivity index (χ1) is 8.70. The number of piperidine rings is 1. The van der Waals surface area contributed by atoms with Gasteiger partial charge < -0.3 is 14.5 Å². The lowest BCUT2D eigenvalue weighted by Gasteiger charge is -2.39. The molecule has 0 aliphatic carbocycles. The smallest absolute Gasteiger partial charge is 0.229 e. The zero-order chi connectivity index (χ0) is 12.6. The van der Waals surface area contributed by atoms with Crippen molar-refractivity contribution in [3.63, 3.8) is 0 Å². The van der Waals surface area contributed by atoms with Gasteiger partial charge in [-0.2, -0.15) is 0 Å². The van der Waals surface area contributed by atoms with Crippen LogP contribution in [-0.2, 0) is 9.53 Å². The lowest BCUT2D eigenvalue weighted by Crippen LogP contribution is -2.48. The van der Waals surface area contributed by atoms with Crippen molar-refractivity contribution in [1.82, 2.24) is 9.80 Å². The highest BCUT2D eigenvalue weighted by Crippen LogP contribution is 2.39. The normalized spacial score (nSPS) is 37.9. The fourth-order valence-electron chi connectivity index (χ4n) is 3.85. The van der Waals surface area contributed by atoms with Crippen LogP contribution in [0.4, 0.5) is 0 Å². The Bertz CT molecular complexity index is 324. The van der Waals surface area contributed by atoms with Gasteiger partial charge in [-0.15, -0.1) is 0 Å². The van der Waals surface area contributed by atoms with E-state index in [1.807, 2.05) is 11.9 Å². The molecule has 0 N–H and O–H groups in total. The number of nitrogens with zero attached hydrogens (tertiary/aromatic N) is 2. The van der Waals surface area contributed by atoms with Crippen molar-refractivity contribution in [2.24, 2.45) is 11.3 Å². The second-order valence-corrected chi connectivity index (χ2v) is 6.33. The van der Waals surface area contributed by atoms with E-state index in [0.29, 0.717) is 11.8 Å². The van der Waals surface area contributed by atoms with E-state index in [0.717, 1.165) is 52.2 Å². The van der Waals surface area contributed by atoms with Crippen molar-refractivity contribution in [2.75, 3.05) is 46.4 Å². The summed E-state index contributed by atoms with van der Waals surface area (Å²) in [6, 6.07) is 0. The molecule has 0 aromatic rings. The van der Waals surface area contributed by atoms with Crippen molar-refractivity contribution in [3.8, 4) is 0 Å². The SMILES string of the molecule is CN1CCC2(CCCN(CC3CCOC3)C2)C1=O. The van der Waals surface area contributed by atoms with Crippen LogP contribution in [0, 0.1) is 11.3 Å². The number of carbonyl (C=O) groups is 1. The summed E-state index contributed by atoms with van der Waals surface area (Å²) in [5, 5.41) is 0. The van der Waals surface area contributed by atoms with Gasteiger partial charge in [-0.05, 0) is 38.1 Å². The third-order valence-corrected chi connectivity index (χ3v) is 4.92. The molecular formula is C14H24N2O2. The first-order valence-electron chi connectivity index (χ1n) is 7.25. The average Bonchev–Trinajstić information content (AvgIpc) is 2.96. The highest BCUT2D eigenvalue weighted by molar-refractivity contribution is 5.85. The van der Waals surface area contributed by atoms with Crippen LogP contribution in [0.25, 0.3) is 0 Å². The molecule has 4 nitrogen and oxygen atoms in total. The molecular weight excluding hydrogens is 228 g/mol.